The second kappa shape index (κ2) is 10.2. The van der Waals surface area contributed by atoms with E-state index < -0.39 is 0 Å². The minimum Gasteiger partial charge on any atom is -0.497 e. The number of methoxy groups -OCH3 is 1. The summed E-state index contributed by atoms with van der Waals surface area (Å²) in [6, 6.07) is 15.0. The van der Waals surface area contributed by atoms with E-state index in [2.05, 4.69) is 5.32 Å². The fourth-order valence-electron chi connectivity index (χ4n) is 3.19. The van der Waals surface area contributed by atoms with Crippen molar-refractivity contribution in [3.8, 4) is 5.75 Å². The predicted octanol–water partition coefficient (Wildman–Crippen LogP) is 4.44. The van der Waals surface area contributed by atoms with Crippen LogP contribution in [0.1, 0.15) is 36.0 Å². The van der Waals surface area contributed by atoms with Gasteiger partial charge in [0.2, 0.25) is 5.91 Å². The van der Waals surface area contributed by atoms with E-state index in [1.165, 1.54) is 6.42 Å². The Morgan fingerprint density at radius 1 is 1.04 bits per heavy atom. The number of anilines is 1. The first-order valence-electron chi connectivity index (χ1n) is 9.62. The average Bonchev–Trinajstić information content (AvgIpc) is 2.75. The van der Waals surface area contributed by atoms with Gasteiger partial charge in [-0.15, -0.1) is 11.8 Å². The number of nitrogens with zero attached hydrogens (tertiary/aromatic N) is 1. The van der Waals surface area contributed by atoms with E-state index in [4.69, 9.17) is 4.74 Å². The van der Waals surface area contributed by atoms with Crippen molar-refractivity contribution in [2.24, 2.45) is 0 Å². The second-order valence-electron chi connectivity index (χ2n) is 6.72. The molecule has 0 radical (unpaired) electrons. The Morgan fingerprint density at radius 3 is 2.46 bits per heavy atom. The zero-order valence-corrected chi connectivity index (χ0v) is 17.0. The van der Waals surface area contributed by atoms with Gasteiger partial charge in [-0.2, -0.15) is 0 Å². The van der Waals surface area contributed by atoms with Crippen LogP contribution in [0.3, 0.4) is 0 Å². The number of benzene rings is 2. The fraction of sp³-hybridized carbons (Fsp3) is 0.364. The van der Waals surface area contributed by atoms with E-state index in [0.29, 0.717) is 23.4 Å². The maximum Gasteiger partial charge on any atom is 0.255 e. The maximum absolute atomic E-state index is 12.8. The summed E-state index contributed by atoms with van der Waals surface area (Å²) in [5.41, 5.74) is 1.16. The van der Waals surface area contributed by atoms with Gasteiger partial charge in [-0.3, -0.25) is 9.59 Å². The second-order valence-corrected chi connectivity index (χ2v) is 7.89. The molecule has 28 heavy (non-hydrogen) atoms. The summed E-state index contributed by atoms with van der Waals surface area (Å²) in [6.45, 7) is 1.58. The molecule has 148 valence electrons. The van der Waals surface area contributed by atoms with Crippen LogP contribution in [0.4, 0.5) is 5.69 Å². The first-order chi connectivity index (χ1) is 13.7. The Kier molecular flexibility index (Phi) is 7.37. The minimum atomic E-state index is -0.0834. The fourth-order valence-corrected chi connectivity index (χ4v) is 4.04. The van der Waals surface area contributed by atoms with Crippen molar-refractivity contribution >= 4 is 29.3 Å². The predicted molar refractivity (Wildman–Crippen MR) is 113 cm³/mol. The number of carbonyl (C=O) groups is 2. The summed E-state index contributed by atoms with van der Waals surface area (Å²) in [7, 11) is 1.64. The van der Waals surface area contributed by atoms with E-state index in [-0.39, 0.29) is 11.8 Å². The SMILES string of the molecule is COc1ccc(SCCC(=O)Nc2ccccc2C(=O)N2CCCCC2)cc1. The van der Waals surface area contributed by atoms with E-state index in [9.17, 15) is 9.59 Å². The summed E-state index contributed by atoms with van der Waals surface area (Å²) in [5.74, 6) is 1.40. The van der Waals surface area contributed by atoms with Gasteiger partial charge in [0.15, 0.2) is 0 Å². The summed E-state index contributed by atoms with van der Waals surface area (Å²) >= 11 is 1.62. The highest BCUT2D eigenvalue weighted by molar-refractivity contribution is 7.99. The summed E-state index contributed by atoms with van der Waals surface area (Å²) < 4.78 is 5.15. The first-order valence-corrected chi connectivity index (χ1v) is 10.6. The largest absolute Gasteiger partial charge is 0.497 e. The van der Waals surface area contributed by atoms with Crippen molar-refractivity contribution in [3.05, 3.63) is 54.1 Å². The van der Waals surface area contributed by atoms with Crippen LogP contribution in [0.5, 0.6) is 5.75 Å². The number of piperidine rings is 1. The molecule has 0 aliphatic carbocycles. The third kappa shape index (κ3) is 5.52. The van der Waals surface area contributed by atoms with Gasteiger partial charge in [0, 0.05) is 30.2 Å². The monoisotopic (exact) mass is 398 g/mol. The van der Waals surface area contributed by atoms with Gasteiger partial charge in [-0.05, 0) is 55.7 Å². The summed E-state index contributed by atoms with van der Waals surface area (Å²) in [6.07, 6.45) is 3.64. The van der Waals surface area contributed by atoms with Crippen molar-refractivity contribution in [1.82, 2.24) is 4.90 Å². The number of hydrogen-bond donors (Lipinski definition) is 1. The highest BCUT2D eigenvalue weighted by atomic mass is 32.2. The third-order valence-corrected chi connectivity index (χ3v) is 5.75. The van der Waals surface area contributed by atoms with Crippen LogP contribution in [0.25, 0.3) is 0 Å². The van der Waals surface area contributed by atoms with Crippen LogP contribution >= 0.6 is 11.8 Å². The van der Waals surface area contributed by atoms with Gasteiger partial charge in [-0.25, -0.2) is 0 Å². The Bertz CT molecular complexity index is 802. The lowest BCUT2D eigenvalue weighted by atomic mass is 10.1. The zero-order chi connectivity index (χ0) is 19.8. The smallest absolute Gasteiger partial charge is 0.255 e. The number of hydrogen-bond acceptors (Lipinski definition) is 4. The summed E-state index contributed by atoms with van der Waals surface area (Å²) in [4.78, 5) is 28.2. The minimum absolute atomic E-state index is 0.00297. The van der Waals surface area contributed by atoms with Crippen molar-refractivity contribution in [3.63, 3.8) is 0 Å². The first kappa shape index (κ1) is 20.3. The van der Waals surface area contributed by atoms with Gasteiger partial charge < -0.3 is 15.0 Å². The molecule has 1 fully saturated rings. The number of likely N-dealkylation sites (tertiary alicyclic amines) is 1. The molecule has 2 aromatic carbocycles. The van der Waals surface area contributed by atoms with Crippen LogP contribution < -0.4 is 10.1 Å². The van der Waals surface area contributed by atoms with E-state index in [0.717, 1.165) is 36.6 Å². The van der Waals surface area contributed by atoms with Crippen LogP contribution in [-0.4, -0.2) is 42.7 Å². The molecule has 6 heteroatoms. The average molecular weight is 399 g/mol. The van der Waals surface area contributed by atoms with Gasteiger partial charge >= 0.3 is 0 Å². The molecule has 0 spiro atoms. The van der Waals surface area contributed by atoms with Crippen LogP contribution in [0.2, 0.25) is 0 Å². The number of rotatable bonds is 7. The zero-order valence-electron chi connectivity index (χ0n) is 16.1. The van der Waals surface area contributed by atoms with E-state index in [1.54, 1.807) is 31.0 Å². The van der Waals surface area contributed by atoms with E-state index >= 15 is 0 Å². The van der Waals surface area contributed by atoms with Gasteiger partial charge in [-0.1, -0.05) is 12.1 Å². The number of thioether (sulfide) groups is 1. The highest BCUT2D eigenvalue weighted by Crippen LogP contribution is 2.23. The Hall–Kier alpha value is -2.47. The van der Waals surface area contributed by atoms with Crippen molar-refractivity contribution in [1.29, 1.82) is 0 Å². The maximum atomic E-state index is 12.8. The molecule has 2 amide bonds. The number of nitrogens with one attached hydrogen (secondary N) is 1. The van der Waals surface area contributed by atoms with Crippen LogP contribution in [-0.2, 0) is 4.79 Å². The van der Waals surface area contributed by atoms with Gasteiger partial charge in [0.1, 0.15) is 5.75 Å². The lowest BCUT2D eigenvalue weighted by Crippen LogP contribution is -2.36. The topological polar surface area (TPSA) is 58.6 Å². The van der Waals surface area contributed by atoms with Crippen molar-refractivity contribution in [2.75, 3.05) is 31.3 Å². The van der Waals surface area contributed by atoms with Gasteiger partial charge in [0.05, 0.1) is 18.4 Å². The van der Waals surface area contributed by atoms with Crippen molar-refractivity contribution < 1.29 is 14.3 Å². The Morgan fingerprint density at radius 2 is 1.75 bits per heavy atom. The molecular weight excluding hydrogens is 372 g/mol. The molecule has 5 nitrogen and oxygen atoms in total. The number of carbonyl (C=O) groups excluding carboxylic acids is 2. The Balaban J connectivity index is 1.54. The molecule has 3 rings (SSSR count). The van der Waals surface area contributed by atoms with E-state index in [1.807, 2.05) is 41.3 Å². The van der Waals surface area contributed by atoms with Gasteiger partial charge in [0.25, 0.3) is 5.91 Å². The lowest BCUT2D eigenvalue weighted by molar-refractivity contribution is -0.115. The number of ether oxygens (including phenoxy) is 1. The molecule has 0 saturated carbocycles. The molecule has 0 atom stereocenters. The van der Waals surface area contributed by atoms with Crippen molar-refractivity contribution in [2.45, 2.75) is 30.6 Å². The molecular formula is C22H26N2O3S. The molecule has 1 N–H and O–H groups in total. The standard InChI is InChI=1S/C22H26N2O3S/c1-27-17-9-11-18(12-10-17)28-16-13-21(25)23-20-8-4-3-7-19(20)22(26)24-14-5-2-6-15-24/h3-4,7-12H,2,5-6,13-16H2,1H3,(H,23,25). The van der Waals surface area contributed by atoms with Crippen LogP contribution in [0.15, 0.2) is 53.4 Å². The van der Waals surface area contributed by atoms with Crippen LogP contribution in [0, 0.1) is 0 Å². The molecule has 1 aliphatic rings. The molecule has 0 aromatic heterocycles. The molecule has 0 bridgehead atoms. The molecule has 1 saturated heterocycles. The number of para-hydroxylation sites is 1. The molecule has 2 aromatic rings. The normalized spacial score (nSPS) is 13.8. The number of amides is 2. The summed E-state index contributed by atoms with van der Waals surface area (Å²) in [5, 5.41) is 2.92. The molecule has 1 heterocycles. The molecule has 1 aliphatic heterocycles. The molecule has 0 unspecified atom stereocenters. The highest BCUT2D eigenvalue weighted by Gasteiger charge is 2.21. The Labute approximate surface area is 170 Å². The lowest BCUT2D eigenvalue weighted by Gasteiger charge is -2.27. The third-order valence-electron chi connectivity index (χ3n) is 4.73. The quantitative estimate of drug-likeness (QED) is 0.701.